The van der Waals surface area contributed by atoms with Gasteiger partial charge >= 0.3 is 0 Å². The number of nitrogens with one attached hydrogen (secondary N) is 1. The highest BCUT2D eigenvalue weighted by Crippen LogP contribution is 2.29. The zero-order valence-electron chi connectivity index (χ0n) is 9.13. The fourth-order valence-electron chi connectivity index (χ4n) is 1.24. The molecule has 0 unspecified atom stereocenters. The quantitative estimate of drug-likeness (QED) is 0.800. The lowest BCUT2D eigenvalue weighted by Gasteiger charge is -2.14. The normalized spacial score (nSPS) is 10.1. The first-order valence-corrected chi connectivity index (χ1v) is 4.66. The second-order valence-electron chi connectivity index (χ2n) is 3.37. The summed E-state index contributed by atoms with van der Waals surface area (Å²) in [4.78, 5) is 0. The molecule has 0 radical (unpaired) electrons. The Morgan fingerprint density at radius 1 is 1.14 bits per heavy atom. The van der Waals surface area contributed by atoms with Gasteiger partial charge in [-0.3, -0.25) is 0 Å². The van der Waals surface area contributed by atoms with Crippen molar-refractivity contribution in [2.75, 3.05) is 19.5 Å². The molecule has 78 valence electrons. The van der Waals surface area contributed by atoms with Crippen molar-refractivity contribution >= 4 is 5.69 Å². The topological polar surface area (TPSA) is 30.5 Å². The molecule has 0 spiro atoms. The summed E-state index contributed by atoms with van der Waals surface area (Å²) in [6.45, 7) is 4.16. The standard InChI is InChI=1S/C11H17NO2/c1-8(2)12-10-7-9(13-3)5-6-11(10)14-4/h5-8,12H,1-4H3. The van der Waals surface area contributed by atoms with Gasteiger partial charge in [-0.25, -0.2) is 0 Å². The van der Waals surface area contributed by atoms with Crippen molar-refractivity contribution in [2.45, 2.75) is 19.9 Å². The summed E-state index contributed by atoms with van der Waals surface area (Å²) in [5, 5.41) is 3.29. The fraction of sp³-hybridized carbons (Fsp3) is 0.455. The van der Waals surface area contributed by atoms with Gasteiger partial charge in [-0.2, -0.15) is 0 Å². The average Bonchev–Trinajstić information content (AvgIpc) is 2.16. The molecule has 0 bridgehead atoms. The van der Waals surface area contributed by atoms with Crippen LogP contribution in [-0.2, 0) is 0 Å². The Morgan fingerprint density at radius 2 is 1.86 bits per heavy atom. The van der Waals surface area contributed by atoms with E-state index in [1.54, 1.807) is 14.2 Å². The van der Waals surface area contributed by atoms with E-state index in [9.17, 15) is 0 Å². The van der Waals surface area contributed by atoms with Crippen LogP contribution >= 0.6 is 0 Å². The van der Waals surface area contributed by atoms with Crippen molar-refractivity contribution in [3.63, 3.8) is 0 Å². The van der Waals surface area contributed by atoms with E-state index in [2.05, 4.69) is 19.2 Å². The number of hydrogen-bond donors (Lipinski definition) is 1. The van der Waals surface area contributed by atoms with Crippen LogP contribution in [0.3, 0.4) is 0 Å². The smallest absolute Gasteiger partial charge is 0.142 e. The Kier molecular flexibility index (Phi) is 3.63. The van der Waals surface area contributed by atoms with Crippen molar-refractivity contribution in [1.29, 1.82) is 0 Å². The predicted octanol–water partition coefficient (Wildman–Crippen LogP) is 2.52. The van der Waals surface area contributed by atoms with Gasteiger partial charge in [0.2, 0.25) is 0 Å². The largest absolute Gasteiger partial charge is 0.497 e. The molecule has 0 heterocycles. The summed E-state index contributed by atoms with van der Waals surface area (Å²) < 4.78 is 10.4. The molecule has 0 fully saturated rings. The van der Waals surface area contributed by atoms with Crippen molar-refractivity contribution in [1.82, 2.24) is 0 Å². The molecule has 0 amide bonds. The molecular formula is C11H17NO2. The summed E-state index contributed by atoms with van der Waals surface area (Å²) in [5.74, 6) is 1.66. The number of methoxy groups -OCH3 is 2. The summed E-state index contributed by atoms with van der Waals surface area (Å²) in [6, 6.07) is 6.07. The molecular weight excluding hydrogens is 178 g/mol. The first-order valence-electron chi connectivity index (χ1n) is 4.66. The lowest BCUT2D eigenvalue weighted by atomic mass is 10.2. The van der Waals surface area contributed by atoms with Crippen LogP contribution in [0.25, 0.3) is 0 Å². The zero-order chi connectivity index (χ0) is 10.6. The molecule has 0 saturated carbocycles. The third kappa shape index (κ3) is 2.55. The Labute approximate surface area is 85.0 Å². The molecule has 0 atom stereocenters. The van der Waals surface area contributed by atoms with Gasteiger partial charge in [0.15, 0.2) is 0 Å². The van der Waals surface area contributed by atoms with Crippen LogP contribution in [0.15, 0.2) is 18.2 Å². The molecule has 0 saturated heterocycles. The number of hydrogen-bond acceptors (Lipinski definition) is 3. The summed E-state index contributed by atoms with van der Waals surface area (Å²) in [5.41, 5.74) is 0.960. The maximum atomic E-state index is 5.23. The molecule has 0 aliphatic rings. The Morgan fingerprint density at radius 3 is 2.36 bits per heavy atom. The summed E-state index contributed by atoms with van der Waals surface area (Å²) in [6.07, 6.45) is 0. The highest BCUT2D eigenvalue weighted by atomic mass is 16.5. The number of ether oxygens (including phenoxy) is 2. The molecule has 1 rings (SSSR count). The van der Waals surface area contributed by atoms with E-state index in [1.165, 1.54) is 0 Å². The highest BCUT2D eigenvalue weighted by molar-refractivity contribution is 5.60. The van der Waals surface area contributed by atoms with Gasteiger partial charge in [-0.1, -0.05) is 0 Å². The second-order valence-corrected chi connectivity index (χ2v) is 3.37. The summed E-state index contributed by atoms with van der Waals surface area (Å²) >= 11 is 0. The molecule has 1 aromatic carbocycles. The van der Waals surface area contributed by atoms with E-state index in [1.807, 2.05) is 18.2 Å². The Bertz CT molecular complexity index is 297. The van der Waals surface area contributed by atoms with Gasteiger partial charge in [0, 0.05) is 12.1 Å². The lowest BCUT2D eigenvalue weighted by molar-refractivity contribution is 0.404. The van der Waals surface area contributed by atoms with Gasteiger partial charge in [0.05, 0.1) is 19.9 Å². The van der Waals surface area contributed by atoms with Crippen LogP contribution in [0.2, 0.25) is 0 Å². The first kappa shape index (κ1) is 10.7. The third-order valence-electron chi connectivity index (χ3n) is 1.85. The van der Waals surface area contributed by atoms with Crippen LogP contribution in [-0.4, -0.2) is 20.3 Å². The van der Waals surface area contributed by atoms with Gasteiger partial charge in [0.25, 0.3) is 0 Å². The van der Waals surface area contributed by atoms with Crippen LogP contribution in [0.1, 0.15) is 13.8 Å². The van der Waals surface area contributed by atoms with Crippen molar-refractivity contribution in [3.05, 3.63) is 18.2 Å². The lowest BCUT2D eigenvalue weighted by Crippen LogP contribution is -2.10. The van der Waals surface area contributed by atoms with Crippen LogP contribution in [0.5, 0.6) is 11.5 Å². The molecule has 0 aliphatic heterocycles. The SMILES string of the molecule is COc1ccc(OC)c(NC(C)C)c1. The van der Waals surface area contributed by atoms with E-state index in [4.69, 9.17) is 9.47 Å². The molecule has 1 aromatic rings. The van der Waals surface area contributed by atoms with E-state index in [0.717, 1.165) is 17.2 Å². The number of benzene rings is 1. The van der Waals surface area contributed by atoms with Gasteiger partial charge in [-0.15, -0.1) is 0 Å². The molecule has 14 heavy (non-hydrogen) atoms. The molecule has 0 aromatic heterocycles. The highest BCUT2D eigenvalue weighted by Gasteiger charge is 2.05. The maximum Gasteiger partial charge on any atom is 0.142 e. The Balaban J connectivity index is 2.96. The zero-order valence-corrected chi connectivity index (χ0v) is 9.13. The van der Waals surface area contributed by atoms with Crippen LogP contribution in [0.4, 0.5) is 5.69 Å². The van der Waals surface area contributed by atoms with E-state index >= 15 is 0 Å². The summed E-state index contributed by atoms with van der Waals surface area (Å²) in [7, 11) is 3.31. The van der Waals surface area contributed by atoms with Gasteiger partial charge < -0.3 is 14.8 Å². The van der Waals surface area contributed by atoms with E-state index in [0.29, 0.717) is 6.04 Å². The third-order valence-corrected chi connectivity index (χ3v) is 1.85. The monoisotopic (exact) mass is 195 g/mol. The minimum Gasteiger partial charge on any atom is -0.497 e. The predicted molar refractivity (Wildman–Crippen MR) is 58.3 cm³/mol. The minimum atomic E-state index is 0.371. The molecule has 3 nitrogen and oxygen atoms in total. The van der Waals surface area contributed by atoms with Gasteiger partial charge in [-0.05, 0) is 26.0 Å². The molecule has 1 N–H and O–H groups in total. The fourth-order valence-corrected chi connectivity index (χ4v) is 1.24. The van der Waals surface area contributed by atoms with E-state index < -0.39 is 0 Å². The first-order chi connectivity index (χ1) is 6.67. The number of rotatable bonds is 4. The second kappa shape index (κ2) is 4.74. The van der Waals surface area contributed by atoms with Crippen molar-refractivity contribution < 1.29 is 9.47 Å². The van der Waals surface area contributed by atoms with E-state index in [-0.39, 0.29) is 0 Å². The molecule has 3 heteroatoms. The van der Waals surface area contributed by atoms with Gasteiger partial charge in [0.1, 0.15) is 11.5 Å². The minimum absolute atomic E-state index is 0.371. The number of anilines is 1. The van der Waals surface area contributed by atoms with Crippen molar-refractivity contribution in [3.8, 4) is 11.5 Å². The van der Waals surface area contributed by atoms with Crippen LogP contribution < -0.4 is 14.8 Å². The van der Waals surface area contributed by atoms with Crippen molar-refractivity contribution in [2.24, 2.45) is 0 Å². The molecule has 0 aliphatic carbocycles. The Hall–Kier alpha value is -1.38. The average molecular weight is 195 g/mol. The van der Waals surface area contributed by atoms with Crippen LogP contribution in [0, 0.1) is 0 Å². The maximum absolute atomic E-state index is 5.23.